The van der Waals surface area contributed by atoms with E-state index in [1.54, 1.807) is 14.2 Å². The quantitative estimate of drug-likeness (QED) is 0.781. The third-order valence-corrected chi connectivity index (χ3v) is 5.40. The summed E-state index contributed by atoms with van der Waals surface area (Å²) in [7, 11) is 3.31. The summed E-state index contributed by atoms with van der Waals surface area (Å²) >= 11 is 10.00. The van der Waals surface area contributed by atoms with Gasteiger partial charge in [-0.25, -0.2) is 0 Å². The standard InChI is InChI=1S/C19H22BrClN2O2/c1-24-17-11-15(16(20)12-18(17)25-2)19(23-8-6-22-7-9-23)13-4-3-5-14(21)10-13/h3-5,10-12,19,22H,6-9H2,1-2H3. The highest BCUT2D eigenvalue weighted by Gasteiger charge is 2.27. The molecule has 1 heterocycles. The minimum Gasteiger partial charge on any atom is -0.493 e. The molecule has 3 rings (SSSR count). The normalized spacial score (nSPS) is 16.5. The lowest BCUT2D eigenvalue weighted by molar-refractivity contribution is 0.197. The monoisotopic (exact) mass is 424 g/mol. The molecule has 0 aliphatic carbocycles. The highest BCUT2D eigenvalue weighted by molar-refractivity contribution is 9.10. The van der Waals surface area contributed by atoms with Crippen LogP contribution in [0.15, 0.2) is 40.9 Å². The van der Waals surface area contributed by atoms with Crippen molar-refractivity contribution in [1.82, 2.24) is 10.2 Å². The lowest BCUT2D eigenvalue weighted by atomic mass is 9.96. The van der Waals surface area contributed by atoms with Gasteiger partial charge in [-0.15, -0.1) is 0 Å². The van der Waals surface area contributed by atoms with Crippen molar-refractivity contribution in [3.8, 4) is 11.5 Å². The second-order valence-corrected chi connectivity index (χ2v) is 7.26. The van der Waals surface area contributed by atoms with Gasteiger partial charge in [-0.05, 0) is 35.4 Å². The van der Waals surface area contributed by atoms with E-state index < -0.39 is 0 Å². The van der Waals surface area contributed by atoms with Gasteiger partial charge >= 0.3 is 0 Å². The molecule has 6 heteroatoms. The molecule has 1 fully saturated rings. The number of hydrogen-bond acceptors (Lipinski definition) is 4. The molecule has 0 aromatic heterocycles. The molecule has 0 radical (unpaired) electrons. The number of piperazine rings is 1. The van der Waals surface area contributed by atoms with Crippen molar-refractivity contribution in [2.24, 2.45) is 0 Å². The van der Waals surface area contributed by atoms with Crippen LogP contribution in [0.2, 0.25) is 5.02 Å². The van der Waals surface area contributed by atoms with Crippen LogP contribution in [-0.2, 0) is 0 Å². The van der Waals surface area contributed by atoms with E-state index >= 15 is 0 Å². The summed E-state index contributed by atoms with van der Waals surface area (Å²) in [6, 6.07) is 12.2. The number of nitrogens with one attached hydrogen (secondary N) is 1. The SMILES string of the molecule is COc1cc(Br)c(C(c2cccc(Cl)c2)N2CCNCC2)cc1OC. The second kappa shape index (κ2) is 8.41. The molecule has 1 atom stereocenters. The fraction of sp³-hybridized carbons (Fsp3) is 0.368. The Morgan fingerprint density at radius 3 is 2.40 bits per heavy atom. The molecule has 0 saturated carbocycles. The Morgan fingerprint density at radius 2 is 1.76 bits per heavy atom. The Balaban J connectivity index is 2.11. The van der Waals surface area contributed by atoms with Crippen LogP contribution in [0.4, 0.5) is 0 Å². The van der Waals surface area contributed by atoms with Gasteiger partial charge in [0.2, 0.25) is 0 Å². The fourth-order valence-corrected chi connectivity index (χ4v) is 4.02. The number of methoxy groups -OCH3 is 2. The van der Waals surface area contributed by atoms with Crippen molar-refractivity contribution in [3.05, 3.63) is 57.0 Å². The van der Waals surface area contributed by atoms with E-state index in [0.29, 0.717) is 5.75 Å². The molecule has 0 spiro atoms. The highest BCUT2D eigenvalue weighted by atomic mass is 79.9. The topological polar surface area (TPSA) is 33.7 Å². The van der Waals surface area contributed by atoms with Gasteiger partial charge in [-0.1, -0.05) is 39.7 Å². The average Bonchev–Trinajstić information content (AvgIpc) is 2.64. The van der Waals surface area contributed by atoms with E-state index in [0.717, 1.165) is 47.0 Å². The maximum absolute atomic E-state index is 6.27. The van der Waals surface area contributed by atoms with Gasteiger partial charge < -0.3 is 14.8 Å². The predicted octanol–water partition coefficient (Wildman–Crippen LogP) is 4.11. The van der Waals surface area contributed by atoms with Crippen LogP contribution in [0, 0.1) is 0 Å². The zero-order valence-electron chi connectivity index (χ0n) is 14.4. The van der Waals surface area contributed by atoms with Gasteiger partial charge in [0.1, 0.15) is 0 Å². The van der Waals surface area contributed by atoms with E-state index in [2.05, 4.69) is 38.3 Å². The molecule has 0 bridgehead atoms. The summed E-state index contributed by atoms with van der Waals surface area (Å²) in [6.07, 6.45) is 0. The minimum atomic E-state index is 0.0926. The molecule has 134 valence electrons. The van der Waals surface area contributed by atoms with E-state index in [4.69, 9.17) is 21.1 Å². The van der Waals surface area contributed by atoms with E-state index in [1.807, 2.05) is 24.3 Å². The van der Waals surface area contributed by atoms with Crippen molar-refractivity contribution in [1.29, 1.82) is 0 Å². The molecular weight excluding hydrogens is 404 g/mol. The smallest absolute Gasteiger partial charge is 0.161 e. The van der Waals surface area contributed by atoms with E-state index in [9.17, 15) is 0 Å². The van der Waals surface area contributed by atoms with Gasteiger partial charge in [0.25, 0.3) is 0 Å². The van der Waals surface area contributed by atoms with Crippen molar-refractivity contribution < 1.29 is 9.47 Å². The molecule has 1 saturated heterocycles. The molecule has 1 aliphatic heterocycles. The van der Waals surface area contributed by atoms with Gasteiger partial charge in [-0.3, -0.25) is 4.90 Å². The largest absolute Gasteiger partial charge is 0.493 e. The Kier molecular flexibility index (Phi) is 6.23. The maximum atomic E-state index is 6.27. The highest BCUT2D eigenvalue weighted by Crippen LogP contribution is 2.40. The predicted molar refractivity (Wildman–Crippen MR) is 105 cm³/mol. The zero-order chi connectivity index (χ0) is 17.8. The zero-order valence-corrected chi connectivity index (χ0v) is 16.7. The van der Waals surface area contributed by atoms with Gasteiger partial charge in [-0.2, -0.15) is 0 Å². The van der Waals surface area contributed by atoms with E-state index in [-0.39, 0.29) is 6.04 Å². The Labute approximate surface area is 162 Å². The molecule has 1 aliphatic rings. The van der Waals surface area contributed by atoms with Crippen LogP contribution in [0.25, 0.3) is 0 Å². The molecule has 4 nitrogen and oxygen atoms in total. The van der Waals surface area contributed by atoms with Gasteiger partial charge in [0, 0.05) is 35.7 Å². The molecule has 1 N–H and O–H groups in total. The summed E-state index contributed by atoms with van der Waals surface area (Å²) in [6.45, 7) is 3.89. The third kappa shape index (κ3) is 4.11. The Hall–Kier alpha value is -1.27. The molecule has 2 aromatic rings. The van der Waals surface area contributed by atoms with Crippen molar-refractivity contribution in [3.63, 3.8) is 0 Å². The summed E-state index contributed by atoms with van der Waals surface area (Å²) in [5, 5.41) is 4.16. The Bertz CT molecular complexity index is 735. The summed E-state index contributed by atoms with van der Waals surface area (Å²) in [5.41, 5.74) is 2.31. The number of nitrogens with zero attached hydrogens (tertiary/aromatic N) is 1. The number of benzene rings is 2. The number of rotatable bonds is 5. The lowest BCUT2D eigenvalue weighted by Gasteiger charge is -2.36. The minimum absolute atomic E-state index is 0.0926. The van der Waals surface area contributed by atoms with Crippen LogP contribution in [0.5, 0.6) is 11.5 Å². The fourth-order valence-electron chi connectivity index (χ4n) is 3.28. The number of ether oxygens (including phenoxy) is 2. The molecule has 1 unspecified atom stereocenters. The van der Waals surface area contributed by atoms with Crippen LogP contribution in [-0.4, -0.2) is 45.3 Å². The van der Waals surface area contributed by atoms with Crippen molar-refractivity contribution in [2.75, 3.05) is 40.4 Å². The summed E-state index contributed by atoms with van der Waals surface area (Å²) in [4.78, 5) is 2.47. The molecule has 25 heavy (non-hydrogen) atoms. The first-order valence-corrected chi connectivity index (χ1v) is 9.42. The van der Waals surface area contributed by atoms with E-state index in [1.165, 1.54) is 5.56 Å². The Morgan fingerprint density at radius 1 is 1.08 bits per heavy atom. The van der Waals surface area contributed by atoms with Gasteiger partial charge in [0.05, 0.1) is 20.3 Å². The average molecular weight is 426 g/mol. The third-order valence-electron chi connectivity index (χ3n) is 4.48. The number of halogens is 2. The number of hydrogen-bond donors (Lipinski definition) is 1. The molecule has 2 aromatic carbocycles. The summed E-state index contributed by atoms with van der Waals surface area (Å²) in [5.74, 6) is 1.44. The van der Waals surface area contributed by atoms with Gasteiger partial charge in [0.15, 0.2) is 11.5 Å². The molecular formula is C19H22BrClN2O2. The summed E-state index contributed by atoms with van der Waals surface area (Å²) < 4.78 is 11.9. The maximum Gasteiger partial charge on any atom is 0.161 e. The van der Waals surface area contributed by atoms with Crippen LogP contribution < -0.4 is 14.8 Å². The second-order valence-electron chi connectivity index (χ2n) is 5.97. The molecule has 0 amide bonds. The van der Waals surface area contributed by atoms with Crippen molar-refractivity contribution in [2.45, 2.75) is 6.04 Å². The first-order valence-electron chi connectivity index (χ1n) is 8.25. The van der Waals surface area contributed by atoms with Crippen LogP contribution in [0.1, 0.15) is 17.2 Å². The van der Waals surface area contributed by atoms with Crippen LogP contribution in [0.3, 0.4) is 0 Å². The van der Waals surface area contributed by atoms with Crippen molar-refractivity contribution >= 4 is 27.5 Å². The van der Waals surface area contributed by atoms with Crippen LogP contribution >= 0.6 is 27.5 Å². The lowest BCUT2D eigenvalue weighted by Crippen LogP contribution is -2.45. The first kappa shape index (κ1) is 18.5. The first-order chi connectivity index (χ1) is 12.1.